The Labute approximate surface area is 92.9 Å². The third kappa shape index (κ3) is 2.33. The van der Waals surface area contributed by atoms with Gasteiger partial charge in [0, 0.05) is 11.8 Å². The Morgan fingerprint density at radius 1 is 1.06 bits per heavy atom. The molecule has 2 rings (SSSR count). The van der Waals surface area contributed by atoms with Crippen LogP contribution in [0.25, 0.3) is 11.3 Å². The molecule has 0 spiro atoms. The quantitative estimate of drug-likeness (QED) is 0.576. The van der Waals surface area contributed by atoms with Crippen molar-refractivity contribution in [3.8, 4) is 11.3 Å². The first kappa shape index (κ1) is 10.1. The number of nitrogens with two attached hydrogens (primary N) is 2. The molecular formula is C11H11N5. The van der Waals surface area contributed by atoms with E-state index in [1.54, 1.807) is 12.3 Å². The molecule has 1 aromatic carbocycles. The predicted molar refractivity (Wildman–Crippen MR) is 62.9 cm³/mol. The average Bonchev–Trinajstić information content (AvgIpc) is 2.30. The molecule has 0 atom stereocenters. The smallest absolute Gasteiger partial charge is 0.253 e. The van der Waals surface area contributed by atoms with Crippen molar-refractivity contribution < 1.29 is 0 Å². The van der Waals surface area contributed by atoms with E-state index in [0.717, 1.165) is 11.3 Å². The van der Waals surface area contributed by atoms with Crippen LogP contribution in [0.1, 0.15) is 0 Å². The van der Waals surface area contributed by atoms with Crippen LogP contribution in [-0.2, 0) is 0 Å². The first-order valence-electron chi connectivity index (χ1n) is 4.74. The van der Waals surface area contributed by atoms with E-state index >= 15 is 0 Å². The van der Waals surface area contributed by atoms with Gasteiger partial charge in [0.1, 0.15) is 0 Å². The first-order chi connectivity index (χ1) is 7.75. The fourth-order valence-electron chi connectivity index (χ4n) is 1.29. The summed E-state index contributed by atoms with van der Waals surface area (Å²) in [4.78, 5) is 12.0. The van der Waals surface area contributed by atoms with Crippen molar-refractivity contribution in [1.82, 2.24) is 9.97 Å². The molecule has 0 aliphatic rings. The first-order valence-corrected chi connectivity index (χ1v) is 4.74. The maximum Gasteiger partial charge on any atom is 0.253 e. The van der Waals surface area contributed by atoms with Gasteiger partial charge >= 0.3 is 0 Å². The van der Waals surface area contributed by atoms with Crippen LogP contribution in [0.15, 0.2) is 47.6 Å². The lowest BCUT2D eigenvalue weighted by Gasteiger charge is -2.00. The molecule has 80 valence electrons. The minimum absolute atomic E-state index is 0.0507. The van der Waals surface area contributed by atoms with Crippen LogP contribution in [-0.4, -0.2) is 15.9 Å². The minimum atomic E-state index is -0.0507. The number of aromatic nitrogens is 2. The lowest BCUT2D eigenvalue weighted by atomic mass is 10.1. The van der Waals surface area contributed by atoms with E-state index in [1.807, 2.05) is 30.3 Å². The highest BCUT2D eigenvalue weighted by Crippen LogP contribution is 2.17. The molecule has 0 saturated heterocycles. The molecule has 0 radical (unpaired) electrons. The summed E-state index contributed by atoms with van der Waals surface area (Å²) >= 11 is 0. The van der Waals surface area contributed by atoms with Crippen molar-refractivity contribution in [2.75, 3.05) is 0 Å². The molecule has 0 fully saturated rings. The number of benzene rings is 1. The van der Waals surface area contributed by atoms with Crippen molar-refractivity contribution in [3.63, 3.8) is 0 Å². The van der Waals surface area contributed by atoms with Crippen molar-refractivity contribution in [2.45, 2.75) is 0 Å². The van der Waals surface area contributed by atoms with Gasteiger partial charge in [0.2, 0.25) is 0 Å². The van der Waals surface area contributed by atoms with E-state index in [9.17, 15) is 0 Å². The number of hydrogen-bond donors (Lipinski definition) is 2. The van der Waals surface area contributed by atoms with Crippen LogP contribution in [0.2, 0.25) is 0 Å². The van der Waals surface area contributed by atoms with Crippen molar-refractivity contribution in [2.24, 2.45) is 16.5 Å². The molecule has 0 unspecified atom stereocenters. The zero-order valence-corrected chi connectivity index (χ0v) is 8.54. The molecule has 5 nitrogen and oxygen atoms in total. The monoisotopic (exact) mass is 213 g/mol. The molecule has 1 aromatic heterocycles. The van der Waals surface area contributed by atoms with Crippen LogP contribution < -0.4 is 11.5 Å². The van der Waals surface area contributed by atoms with Gasteiger partial charge in [-0.2, -0.15) is 4.99 Å². The highest BCUT2D eigenvalue weighted by atomic mass is 15.1. The van der Waals surface area contributed by atoms with E-state index in [0.29, 0.717) is 0 Å². The van der Waals surface area contributed by atoms with Gasteiger partial charge in [0.15, 0.2) is 5.96 Å². The second-order valence-electron chi connectivity index (χ2n) is 3.14. The van der Waals surface area contributed by atoms with Gasteiger partial charge in [-0.3, -0.25) is 0 Å². The summed E-state index contributed by atoms with van der Waals surface area (Å²) in [6, 6.07) is 11.6. The van der Waals surface area contributed by atoms with E-state index in [4.69, 9.17) is 11.5 Å². The van der Waals surface area contributed by atoms with Crippen LogP contribution in [0.3, 0.4) is 0 Å². The summed E-state index contributed by atoms with van der Waals surface area (Å²) in [5.74, 6) is 0.214. The molecule has 0 amide bonds. The Morgan fingerprint density at radius 2 is 1.81 bits per heavy atom. The number of nitrogens with zero attached hydrogens (tertiary/aromatic N) is 3. The van der Waals surface area contributed by atoms with Crippen LogP contribution in [0.4, 0.5) is 5.95 Å². The van der Waals surface area contributed by atoms with Crippen LogP contribution in [0, 0.1) is 0 Å². The van der Waals surface area contributed by atoms with Gasteiger partial charge < -0.3 is 11.5 Å². The van der Waals surface area contributed by atoms with E-state index in [1.165, 1.54) is 0 Å². The molecule has 0 bridgehead atoms. The zero-order valence-electron chi connectivity index (χ0n) is 8.54. The summed E-state index contributed by atoms with van der Waals surface area (Å²) in [5, 5.41) is 0. The van der Waals surface area contributed by atoms with Gasteiger partial charge in [-0.15, -0.1) is 0 Å². The highest BCUT2D eigenvalue weighted by molar-refractivity contribution is 5.78. The largest absolute Gasteiger partial charge is 0.370 e. The molecule has 0 aliphatic heterocycles. The Kier molecular flexibility index (Phi) is 2.77. The second kappa shape index (κ2) is 4.39. The minimum Gasteiger partial charge on any atom is -0.370 e. The summed E-state index contributed by atoms with van der Waals surface area (Å²) in [7, 11) is 0. The van der Waals surface area contributed by atoms with Gasteiger partial charge in [-0.25, -0.2) is 9.97 Å². The average molecular weight is 213 g/mol. The third-order valence-electron chi connectivity index (χ3n) is 1.94. The van der Waals surface area contributed by atoms with Crippen molar-refractivity contribution >= 4 is 11.9 Å². The van der Waals surface area contributed by atoms with Gasteiger partial charge in [-0.05, 0) is 6.07 Å². The van der Waals surface area contributed by atoms with Gasteiger partial charge in [-0.1, -0.05) is 30.3 Å². The molecule has 1 heterocycles. The maximum absolute atomic E-state index is 5.26. The molecule has 5 heteroatoms. The van der Waals surface area contributed by atoms with Crippen molar-refractivity contribution in [3.05, 3.63) is 42.6 Å². The fourth-order valence-corrected chi connectivity index (χ4v) is 1.29. The molecular weight excluding hydrogens is 202 g/mol. The van der Waals surface area contributed by atoms with E-state index in [2.05, 4.69) is 15.0 Å². The molecule has 2 aromatic rings. The van der Waals surface area contributed by atoms with E-state index < -0.39 is 0 Å². The Balaban J connectivity index is 2.41. The lowest BCUT2D eigenvalue weighted by Crippen LogP contribution is -2.22. The zero-order chi connectivity index (χ0) is 11.4. The Hall–Kier alpha value is -2.43. The normalized spacial score (nSPS) is 9.75. The van der Waals surface area contributed by atoms with Gasteiger partial charge in [0.25, 0.3) is 5.95 Å². The van der Waals surface area contributed by atoms with Crippen molar-refractivity contribution in [1.29, 1.82) is 0 Å². The summed E-state index contributed by atoms with van der Waals surface area (Å²) in [5.41, 5.74) is 12.3. The topological polar surface area (TPSA) is 90.2 Å². The Bertz CT molecular complexity index is 503. The fraction of sp³-hybridized carbons (Fsp3) is 0. The molecule has 4 N–H and O–H groups in total. The summed E-state index contributed by atoms with van der Waals surface area (Å²) in [6.07, 6.45) is 1.62. The van der Waals surface area contributed by atoms with Gasteiger partial charge in [0.05, 0.1) is 5.69 Å². The standard InChI is InChI=1S/C11H11N5/c12-10(13)16-11-14-7-6-9(15-11)8-4-2-1-3-5-8/h1-7H,(H4,12,13,14,15,16). The lowest BCUT2D eigenvalue weighted by molar-refractivity contribution is 1.13. The number of hydrogen-bond acceptors (Lipinski definition) is 3. The van der Waals surface area contributed by atoms with Crippen LogP contribution >= 0.6 is 0 Å². The summed E-state index contributed by atoms with van der Waals surface area (Å²) < 4.78 is 0. The Morgan fingerprint density at radius 3 is 2.50 bits per heavy atom. The highest BCUT2D eigenvalue weighted by Gasteiger charge is 2.00. The second-order valence-corrected chi connectivity index (χ2v) is 3.14. The maximum atomic E-state index is 5.26. The number of rotatable bonds is 2. The van der Waals surface area contributed by atoms with E-state index in [-0.39, 0.29) is 11.9 Å². The number of aliphatic imine (C=N–C) groups is 1. The molecule has 0 aliphatic carbocycles. The SMILES string of the molecule is NC(N)=Nc1nccc(-c2ccccc2)n1. The predicted octanol–water partition coefficient (Wildman–Crippen LogP) is 1.05. The van der Waals surface area contributed by atoms with Crippen LogP contribution in [0.5, 0.6) is 0 Å². The molecule has 0 saturated carbocycles. The summed E-state index contributed by atoms with van der Waals surface area (Å²) in [6.45, 7) is 0. The third-order valence-corrected chi connectivity index (χ3v) is 1.94. The molecule has 16 heavy (non-hydrogen) atoms. The number of guanidine groups is 1.